The van der Waals surface area contributed by atoms with Crippen LogP contribution in [0.5, 0.6) is 0 Å². The van der Waals surface area contributed by atoms with Crippen molar-refractivity contribution >= 4 is 42.7 Å². The number of carbonyl (C=O) groups excluding carboxylic acids is 2. The molecule has 15 heteroatoms. The third-order valence-corrected chi connectivity index (χ3v) is 6.13. The largest absolute Gasteiger partial charge is 0.471 e. The third kappa shape index (κ3) is 7.91. The minimum atomic E-state index is -5.97. The zero-order valence-corrected chi connectivity index (χ0v) is 21.0. The van der Waals surface area contributed by atoms with Crippen molar-refractivity contribution in [3.05, 3.63) is 69.7 Å². The van der Waals surface area contributed by atoms with Crippen LogP contribution < -0.4 is 0 Å². The predicted molar refractivity (Wildman–Crippen MR) is 122 cm³/mol. The van der Waals surface area contributed by atoms with E-state index in [0.717, 1.165) is 0 Å². The van der Waals surface area contributed by atoms with Gasteiger partial charge in [0.25, 0.3) is 0 Å². The molecule has 0 atom stereocenters. The molecule has 0 heterocycles. The number of hydrogen-bond acceptors (Lipinski definition) is 6. The Morgan fingerprint density at radius 1 is 0.972 bits per heavy atom. The summed E-state index contributed by atoms with van der Waals surface area (Å²) in [5.74, 6) is -4.21. The molecule has 9 nitrogen and oxygen atoms in total. The van der Waals surface area contributed by atoms with E-state index in [0.29, 0.717) is 0 Å². The summed E-state index contributed by atoms with van der Waals surface area (Å²) in [5, 5.41) is 0.375. The maximum Gasteiger partial charge on any atom is 0.471 e. The van der Waals surface area contributed by atoms with Crippen LogP contribution in [0.25, 0.3) is 0 Å². The highest BCUT2D eigenvalue weighted by Gasteiger charge is 2.62. The Bertz CT molecular complexity index is 1080. The highest BCUT2D eigenvalue weighted by atomic mass is 35.5. The Labute approximate surface area is 213 Å². The van der Waals surface area contributed by atoms with Gasteiger partial charge in [0, 0.05) is 10.0 Å². The summed E-state index contributed by atoms with van der Waals surface area (Å²) < 4.78 is 68.5. The van der Waals surface area contributed by atoms with Gasteiger partial charge in [-0.05, 0) is 42.3 Å². The highest BCUT2D eigenvalue weighted by Crippen LogP contribution is 2.55. The Morgan fingerprint density at radius 3 is 1.81 bits per heavy atom. The smallest absolute Gasteiger partial charge is 0.465 e. The molecule has 0 saturated carbocycles. The van der Waals surface area contributed by atoms with Gasteiger partial charge in [-0.2, -0.15) is 13.2 Å². The second-order valence-electron chi connectivity index (χ2n) is 7.12. The average molecular weight is 574 g/mol. The fourth-order valence-electron chi connectivity index (χ4n) is 2.92. The normalized spacial score (nSPS) is 12.3. The predicted octanol–water partition coefficient (Wildman–Crippen LogP) is 4.47. The molecule has 2 aromatic carbocycles. The number of carbonyl (C=O) groups is 2. The van der Waals surface area contributed by atoms with Gasteiger partial charge in [0.1, 0.15) is 6.54 Å². The van der Waals surface area contributed by atoms with Crippen LogP contribution in [-0.4, -0.2) is 51.5 Å². The van der Waals surface area contributed by atoms with E-state index < -0.39 is 56.0 Å². The molecule has 0 aliphatic rings. The lowest BCUT2D eigenvalue weighted by Crippen LogP contribution is -2.60. The van der Waals surface area contributed by atoms with Crippen LogP contribution in [-0.2, 0) is 41.6 Å². The van der Waals surface area contributed by atoms with Crippen LogP contribution >= 0.6 is 30.8 Å². The zero-order chi connectivity index (χ0) is 27.1. The molecular formula is C21H21Cl2F3NO8P. The first kappa shape index (κ1) is 30.0. The molecule has 0 fully saturated rings. The molecule has 0 aliphatic heterocycles. The highest BCUT2D eigenvalue weighted by molar-refractivity contribution is 7.53. The molecule has 1 amide bonds. The molecular weight excluding hydrogens is 553 g/mol. The van der Waals surface area contributed by atoms with Crippen LogP contribution in [0.4, 0.5) is 13.2 Å². The quantitative estimate of drug-likeness (QED) is 0.229. The van der Waals surface area contributed by atoms with Gasteiger partial charge in [-0.3, -0.25) is 19.1 Å². The maximum absolute atomic E-state index is 13.5. The van der Waals surface area contributed by atoms with Crippen molar-refractivity contribution in [1.29, 1.82) is 0 Å². The summed E-state index contributed by atoms with van der Waals surface area (Å²) in [7, 11) is -5.97. The molecule has 0 aromatic heterocycles. The summed E-state index contributed by atoms with van der Waals surface area (Å²) in [5.41, 5.74) is -3.36. The number of ether oxygens (including phenoxy) is 3. The van der Waals surface area contributed by atoms with Crippen LogP contribution in [0, 0.1) is 0 Å². The fraction of sp³-hybridized carbons (Fsp3) is 0.333. The molecule has 0 saturated heterocycles. The van der Waals surface area contributed by atoms with Gasteiger partial charge in [-0.1, -0.05) is 47.5 Å². The molecule has 36 heavy (non-hydrogen) atoms. The van der Waals surface area contributed by atoms with Crippen molar-refractivity contribution in [3.8, 4) is 0 Å². The molecule has 0 unspecified atom stereocenters. The minimum absolute atomic E-state index is 0.169. The number of nitrogens with zero attached hydrogens (tertiary/aromatic N) is 1. The Morgan fingerprint density at radius 2 is 1.44 bits per heavy atom. The van der Waals surface area contributed by atoms with E-state index in [2.05, 4.69) is 4.74 Å². The number of halogens is 5. The van der Waals surface area contributed by atoms with Crippen molar-refractivity contribution in [2.75, 3.05) is 13.2 Å². The van der Waals surface area contributed by atoms with E-state index in [1.165, 1.54) is 55.5 Å². The van der Waals surface area contributed by atoms with Crippen molar-refractivity contribution < 1.29 is 51.3 Å². The van der Waals surface area contributed by atoms with Crippen LogP contribution in [0.1, 0.15) is 18.1 Å². The van der Waals surface area contributed by atoms with E-state index >= 15 is 0 Å². The lowest BCUT2D eigenvalue weighted by Gasteiger charge is -2.41. The van der Waals surface area contributed by atoms with Crippen molar-refractivity contribution in [2.45, 2.75) is 32.0 Å². The van der Waals surface area contributed by atoms with Crippen LogP contribution in [0.15, 0.2) is 48.5 Å². The fourth-order valence-corrected chi connectivity index (χ4v) is 4.29. The Kier molecular flexibility index (Phi) is 10.3. The monoisotopic (exact) mass is 573 g/mol. The molecule has 0 bridgehead atoms. The summed E-state index contributed by atoms with van der Waals surface area (Å²) in [6, 6.07) is 11.3. The molecule has 198 valence electrons. The first-order valence-corrected chi connectivity index (χ1v) is 12.4. The summed E-state index contributed by atoms with van der Waals surface area (Å²) >= 11 is 11.8. The number of esters is 1. The third-order valence-electron chi connectivity index (χ3n) is 4.42. The van der Waals surface area contributed by atoms with Gasteiger partial charge >= 0.3 is 31.3 Å². The minimum Gasteiger partial charge on any atom is -0.465 e. The number of benzene rings is 2. The Balaban J connectivity index is 2.64. The Hall–Kier alpha value is -2.18. The molecule has 0 aliphatic carbocycles. The number of amides is 1. The summed E-state index contributed by atoms with van der Waals surface area (Å²) in [6.45, 7) is -2.04. The standard InChI is InChI=1S/C21H21Cl2F3NO8P/c1-2-33-18(28)11-27(19(29)20(24,25)26)21(36(30,31)32,34-12-14-5-3-7-16(22)9-14)35-13-15-6-4-8-17(23)10-15/h3-10H,2,11-13H2,1H3,(H2,30,31,32). The van der Waals surface area contributed by atoms with Crippen LogP contribution in [0.2, 0.25) is 10.0 Å². The topological polar surface area (TPSA) is 123 Å². The van der Waals surface area contributed by atoms with E-state index in [1.807, 2.05) is 0 Å². The number of alkyl halides is 3. The molecule has 2 N–H and O–H groups in total. The first-order valence-electron chi connectivity index (χ1n) is 10.1. The van der Waals surface area contributed by atoms with Gasteiger partial charge in [0.2, 0.25) is 0 Å². The average Bonchev–Trinajstić information content (AvgIpc) is 2.76. The van der Waals surface area contributed by atoms with Gasteiger partial charge in [0.05, 0.1) is 19.8 Å². The van der Waals surface area contributed by atoms with E-state index in [9.17, 15) is 37.1 Å². The van der Waals surface area contributed by atoms with Gasteiger partial charge in [0.15, 0.2) is 0 Å². The number of rotatable bonds is 11. The number of hydrogen-bond donors (Lipinski definition) is 2. The van der Waals surface area contributed by atoms with Crippen molar-refractivity contribution in [3.63, 3.8) is 0 Å². The van der Waals surface area contributed by atoms with Gasteiger partial charge < -0.3 is 24.0 Å². The summed E-state index contributed by atoms with van der Waals surface area (Å²) in [4.78, 5) is 44.4. The van der Waals surface area contributed by atoms with E-state index in [4.69, 9.17) is 32.7 Å². The van der Waals surface area contributed by atoms with Crippen molar-refractivity contribution in [1.82, 2.24) is 4.90 Å². The lowest BCUT2D eigenvalue weighted by atomic mass is 10.2. The second-order valence-corrected chi connectivity index (χ2v) is 9.65. The summed E-state index contributed by atoms with van der Waals surface area (Å²) in [6.07, 6.45) is -5.67. The van der Waals surface area contributed by atoms with E-state index in [1.54, 1.807) is 0 Å². The molecule has 2 rings (SSSR count). The molecule has 2 aromatic rings. The second kappa shape index (κ2) is 12.4. The zero-order valence-electron chi connectivity index (χ0n) is 18.6. The lowest BCUT2D eigenvalue weighted by molar-refractivity contribution is -0.286. The van der Waals surface area contributed by atoms with Crippen molar-refractivity contribution in [2.24, 2.45) is 0 Å². The molecule has 0 radical (unpaired) electrons. The first-order chi connectivity index (χ1) is 16.7. The van der Waals surface area contributed by atoms with Crippen LogP contribution in [0.3, 0.4) is 0 Å². The van der Waals surface area contributed by atoms with E-state index in [-0.39, 0.29) is 27.8 Å². The van der Waals surface area contributed by atoms with Gasteiger partial charge in [-0.15, -0.1) is 0 Å². The van der Waals surface area contributed by atoms with Gasteiger partial charge in [-0.25, -0.2) is 0 Å². The maximum atomic E-state index is 13.5. The SMILES string of the molecule is CCOC(=O)CN(C(=O)C(F)(F)F)C(OCc1cccc(Cl)c1)(OCc1cccc(Cl)c1)P(=O)(O)O. The molecule has 0 spiro atoms.